The smallest absolute Gasteiger partial charge is 0.118 e. The van der Waals surface area contributed by atoms with Gasteiger partial charge in [0.05, 0.1) is 12.7 Å². The Morgan fingerprint density at radius 3 is 2.16 bits per heavy atom. The van der Waals surface area contributed by atoms with Gasteiger partial charge in [0.15, 0.2) is 0 Å². The average Bonchev–Trinajstić information content (AvgIpc) is 2.80. The van der Waals surface area contributed by atoms with Crippen molar-refractivity contribution in [3.05, 3.63) is 95.8 Å². The lowest BCUT2D eigenvalue weighted by atomic mass is 9.64. The van der Waals surface area contributed by atoms with E-state index in [1.807, 2.05) is 24.3 Å². The Bertz CT molecular complexity index is 989. The summed E-state index contributed by atoms with van der Waals surface area (Å²) in [4.78, 5) is 6.72. The number of methoxy groups -OCH3 is 1. The molecule has 2 atom stereocenters. The van der Waals surface area contributed by atoms with E-state index in [0.29, 0.717) is 6.04 Å². The quantitative estimate of drug-likeness (QED) is 0.533. The number of benzene rings is 2. The van der Waals surface area contributed by atoms with Crippen molar-refractivity contribution in [3.63, 3.8) is 0 Å². The van der Waals surface area contributed by atoms with Gasteiger partial charge in [0.2, 0.25) is 0 Å². The number of aromatic nitrogens is 1. The van der Waals surface area contributed by atoms with Crippen LogP contribution in [0.4, 0.5) is 0 Å². The molecule has 1 saturated carbocycles. The van der Waals surface area contributed by atoms with Crippen molar-refractivity contribution in [3.8, 4) is 5.75 Å². The highest BCUT2D eigenvalue weighted by Crippen LogP contribution is 2.48. The van der Waals surface area contributed by atoms with E-state index in [1.54, 1.807) is 19.5 Å². The molecule has 1 aliphatic rings. The standard InChI is InChI=1S/C28H34N2O2/c1-27(2)21-28(31,24-14-17-29-18-15-24)16-13-26(27)30(19-22-7-5-4-6-8-22)20-23-9-11-25(32-3)12-10-23/h4-12,14-15,17-18,26,31H,13,16,19-21H2,1-3H3. The summed E-state index contributed by atoms with van der Waals surface area (Å²) in [5, 5.41) is 11.6. The summed E-state index contributed by atoms with van der Waals surface area (Å²) in [6.45, 7) is 6.35. The SMILES string of the molecule is COc1ccc(CN(Cc2ccccc2)C2CCC(O)(c3ccncc3)CC2(C)C)cc1. The fraction of sp³-hybridized carbons (Fsp3) is 0.393. The van der Waals surface area contributed by atoms with Crippen LogP contribution in [0.1, 0.15) is 49.8 Å². The van der Waals surface area contributed by atoms with Gasteiger partial charge in [0, 0.05) is 31.5 Å². The molecule has 1 N–H and O–H groups in total. The molecule has 1 aromatic heterocycles. The first kappa shape index (κ1) is 22.5. The highest BCUT2D eigenvalue weighted by atomic mass is 16.5. The minimum absolute atomic E-state index is 0.0580. The predicted octanol–water partition coefficient (Wildman–Crippen LogP) is 5.56. The summed E-state index contributed by atoms with van der Waals surface area (Å²) in [6, 6.07) is 23.3. The van der Waals surface area contributed by atoms with Crippen molar-refractivity contribution >= 4 is 0 Å². The van der Waals surface area contributed by atoms with Crippen LogP contribution >= 0.6 is 0 Å². The lowest BCUT2D eigenvalue weighted by molar-refractivity contribution is -0.0879. The van der Waals surface area contributed by atoms with Gasteiger partial charge in [-0.15, -0.1) is 0 Å². The Kier molecular flexibility index (Phi) is 6.63. The molecule has 1 heterocycles. The van der Waals surface area contributed by atoms with E-state index in [1.165, 1.54) is 11.1 Å². The Morgan fingerprint density at radius 2 is 1.56 bits per heavy atom. The molecule has 168 valence electrons. The van der Waals surface area contributed by atoms with Crippen molar-refractivity contribution in [1.29, 1.82) is 0 Å². The lowest BCUT2D eigenvalue weighted by Crippen LogP contribution is -2.52. The summed E-state index contributed by atoms with van der Waals surface area (Å²) in [7, 11) is 1.70. The van der Waals surface area contributed by atoms with E-state index in [9.17, 15) is 5.11 Å². The molecule has 1 fully saturated rings. The molecule has 0 spiro atoms. The molecule has 4 nitrogen and oxygen atoms in total. The number of ether oxygens (including phenoxy) is 1. The van der Waals surface area contributed by atoms with Gasteiger partial charge in [0.25, 0.3) is 0 Å². The molecule has 2 aromatic carbocycles. The van der Waals surface area contributed by atoms with Gasteiger partial charge < -0.3 is 9.84 Å². The van der Waals surface area contributed by atoms with Crippen molar-refractivity contribution in [2.75, 3.05) is 7.11 Å². The summed E-state index contributed by atoms with van der Waals surface area (Å²) in [5.41, 5.74) is 2.70. The third-order valence-electron chi connectivity index (χ3n) is 6.91. The molecule has 0 amide bonds. The number of rotatable bonds is 7. The highest BCUT2D eigenvalue weighted by molar-refractivity contribution is 5.28. The molecule has 32 heavy (non-hydrogen) atoms. The van der Waals surface area contributed by atoms with Crippen molar-refractivity contribution in [1.82, 2.24) is 9.88 Å². The number of hydrogen-bond acceptors (Lipinski definition) is 4. The zero-order chi connectivity index (χ0) is 22.6. The predicted molar refractivity (Wildman–Crippen MR) is 128 cm³/mol. The summed E-state index contributed by atoms with van der Waals surface area (Å²) in [5.74, 6) is 0.878. The fourth-order valence-corrected chi connectivity index (χ4v) is 5.37. The minimum Gasteiger partial charge on any atom is -0.497 e. The largest absolute Gasteiger partial charge is 0.497 e. The van der Waals surface area contributed by atoms with Crippen LogP contribution in [0.15, 0.2) is 79.1 Å². The van der Waals surface area contributed by atoms with Crippen molar-refractivity contribution < 1.29 is 9.84 Å². The second kappa shape index (κ2) is 9.43. The third kappa shape index (κ3) is 5.03. The molecule has 4 rings (SSSR count). The van der Waals surface area contributed by atoms with Crippen molar-refractivity contribution in [2.24, 2.45) is 5.41 Å². The van der Waals surface area contributed by atoms with Crippen LogP contribution < -0.4 is 4.74 Å². The fourth-order valence-electron chi connectivity index (χ4n) is 5.37. The van der Waals surface area contributed by atoms with E-state index in [2.05, 4.69) is 66.2 Å². The van der Waals surface area contributed by atoms with Crippen molar-refractivity contribution in [2.45, 2.75) is 57.8 Å². The van der Waals surface area contributed by atoms with Crippen LogP contribution in [-0.4, -0.2) is 28.1 Å². The average molecular weight is 431 g/mol. The molecule has 4 heteroatoms. The summed E-state index contributed by atoms with van der Waals surface area (Å²) in [6.07, 6.45) is 5.96. The van der Waals surface area contributed by atoms with Gasteiger partial charge in [-0.05, 0) is 65.6 Å². The molecular weight excluding hydrogens is 396 g/mol. The first-order valence-corrected chi connectivity index (χ1v) is 11.4. The van der Waals surface area contributed by atoms with E-state index in [4.69, 9.17) is 4.74 Å². The monoisotopic (exact) mass is 430 g/mol. The maximum atomic E-state index is 11.6. The number of hydrogen-bond donors (Lipinski definition) is 1. The molecule has 0 bridgehead atoms. The number of nitrogens with zero attached hydrogens (tertiary/aromatic N) is 2. The van der Waals surface area contributed by atoms with Gasteiger partial charge >= 0.3 is 0 Å². The van der Waals surface area contributed by atoms with Gasteiger partial charge in [0.1, 0.15) is 5.75 Å². The van der Waals surface area contributed by atoms with Gasteiger partial charge in [-0.3, -0.25) is 9.88 Å². The van der Waals surface area contributed by atoms with Crippen LogP contribution in [0.3, 0.4) is 0 Å². The van der Waals surface area contributed by atoms with E-state index in [0.717, 1.165) is 43.7 Å². The molecule has 0 aliphatic heterocycles. The first-order valence-electron chi connectivity index (χ1n) is 11.4. The van der Waals surface area contributed by atoms with Crippen LogP contribution in [0.2, 0.25) is 0 Å². The van der Waals surface area contributed by atoms with Crippen LogP contribution in [0.25, 0.3) is 0 Å². The molecule has 3 aromatic rings. The number of aliphatic hydroxyl groups is 1. The van der Waals surface area contributed by atoms with Crippen LogP contribution in [-0.2, 0) is 18.7 Å². The van der Waals surface area contributed by atoms with Crippen LogP contribution in [0, 0.1) is 5.41 Å². The zero-order valence-corrected chi connectivity index (χ0v) is 19.4. The highest BCUT2D eigenvalue weighted by Gasteiger charge is 2.47. The van der Waals surface area contributed by atoms with E-state index >= 15 is 0 Å². The Balaban J connectivity index is 1.59. The molecular formula is C28H34N2O2. The summed E-state index contributed by atoms with van der Waals surface area (Å²) < 4.78 is 5.34. The normalized spacial score (nSPS) is 22.6. The molecule has 2 unspecified atom stereocenters. The second-order valence-corrected chi connectivity index (χ2v) is 9.73. The number of pyridine rings is 1. The molecule has 0 saturated heterocycles. The van der Waals surface area contributed by atoms with Gasteiger partial charge in [-0.25, -0.2) is 0 Å². The summed E-state index contributed by atoms with van der Waals surface area (Å²) >= 11 is 0. The van der Waals surface area contributed by atoms with Gasteiger partial charge in [-0.1, -0.05) is 56.3 Å². The topological polar surface area (TPSA) is 45.6 Å². The lowest BCUT2D eigenvalue weighted by Gasteiger charge is -2.51. The van der Waals surface area contributed by atoms with E-state index in [-0.39, 0.29) is 5.41 Å². The Morgan fingerprint density at radius 1 is 0.938 bits per heavy atom. The van der Waals surface area contributed by atoms with E-state index < -0.39 is 5.60 Å². The third-order valence-corrected chi connectivity index (χ3v) is 6.91. The minimum atomic E-state index is -0.804. The first-order chi connectivity index (χ1) is 15.4. The second-order valence-electron chi connectivity index (χ2n) is 9.73. The maximum Gasteiger partial charge on any atom is 0.118 e. The Labute approximate surface area is 191 Å². The molecule has 0 radical (unpaired) electrons. The maximum absolute atomic E-state index is 11.6. The van der Waals surface area contributed by atoms with Gasteiger partial charge in [-0.2, -0.15) is 0 Å². The van der Waals surface area contributed by atoms with Crippen LogP contribution in [0.5, 0.6) is 5.75 Å². The Hall–Kier alpha value is -2.69. The zero-order valence-electron chi connectivity index (χ0n) is 19.4. The molecule has 1 aliphatic carbocycles.